The van der Waals surface area contributed by atoms with E-state index in [-0.39, 0.29) is 11.9 Å². The molecule has 0 spiro atoms. The molecule has 32 heavy (non-hydrogen) atoms. The number of rotatable bonds is 7. The summed E-state index contributed by atoms with van der Waals surface area (Å²) in [4.78, 5) is 15.5. The van der Waals surface area contributed by atoms with Crippen LogP contribution in [0, 0.1) is 5.92 Å². The van der Waals surface area contributed by atoms with Crippen molar-refractivity contribution < 1.29 is 9.53 Å². The Morgan fingerprint density at radius 2 is 1.72 bits per heavy atom. The Morgan fingerprint density at radius 1 is 1.03 bits per heavy atom. The Balaban J connectivity index is 1.39. The lowest BCUT2D eigenvalue weighted by Gasteiger charge is -2.32. The van der Waals surface area contributed by atoms with Gasteiger partial charge in [0.1, 0.15) is 5.75 Å². The first-order valence-corrected chi connectivity index (χ1v) is 11.8. The van der Waals surface area contributed by atoms with Crippen LogP contribution in [0.3, 0.4) is 0 Å². The Morgan fingerprint density at radius 3 is 2.44 bits per heavy atom. The molecule has 0 aromatic heterocycles. The van der Waals surface area contributed by atoms with Crippen LogP contribution < -0.4 is 15.0 Å². The average molecular weight is 431 g/mol. The van der Waals surface area contributed by atoms with Crippen molar-refractivity contribution in [2.24, 2.45) is 5.92 Å². The molecule has 0 unspecified atom stereocenters. The summed E-state index contributed by atoms with van der Waals surface area (Å²) >= 11 is 0. The zero-order valence-electron chi connectivity index (χ0n) is 19.4. The van der Waals surface area contributed by atoms with Crippen molar-refractivity contribution in [3.8, 4) is 5.75 Å². The molecule has 0 bridgehead atoms. The van der Waals surface area contributed by atoms with E-state index < -0.39 is 6.10 Å². The van der Waals surface area contributed by atoms with Gasteiger partial charge in [-0.05, 0) is 61.3 Å². The Kier molecular flexibility index (Phi) is 6.99. The van der Waals surface area contributed by atoms with E-state index in [1.807, 2.05) is 44.2 Å². The number of carbonyl (C=O) groups is 1. The van der Waals surface area contributed by atoms with E-state index in [1.165, 1.54) is 18.5 Å². The average Bonchev–Trinajstić information content (AvgIpc) is 2.83. The van der Waals surface area contributed by atoms with Crippen LogP contribution in [-0.4, -0.2) is 25.1 Å². The highest BCUT2D eigenvalue weighted by atomic mass is 16.5. The minimum atomic E-state index is -0.530. The SMILES string of the molecule is CC[C@@H](Oc1cccc2ccccc12)C(=O)N[C@H](C)c1ccc(N2CCC(C)CC2)cc1. The van der Waals surface area contributed by atoms with Crippen LogP contribution in [-0.2, 0) is 4.79 Å². The van der Waals surface area contributed by atoms with E-state index in [0.717, 1.165) is 41.1 Å². The number of benzene rings is 3. The molecule has 3 aromatic rings. The van der Waals surface area contributed by atoms with Crippen LogP contribution in [0.5, 0.6) is 5.75 Å². The summed E-state index contributed by atoms with van der Waals surface area (Å²) < 4.78 is 6.16. The number of nitrogens with one attached hydrogen (secondary N) is 1. The third-order valence-electron chi connectivity index (χ3n) is 6.58. The van der Waals surface area contributed by atoms with Crippen molar-refractivity contribution in [2.75, 3.05) is 18.0 Å². The molecule has 1 heterocycles. The molecule has 1 aliphatic heterocycles. The van der Waals surface area contributed by atoms with E-state index in [1.54, 1.807) is 0 Å². The zero-order chi connectivity index (χ0) is 22.5. The summed E-state index contributed by atoms with van der Waals surface area (Å²) in [5.41, 5.74) is 2.37. The van der Waals surface area contributed by atoms with Gasteiger partial charge in [0, 0.05) is 24.2 Å². The summed E-state index contributed by atoms with van der Waals surface area (Å²) in [6, 6.07) is 22.6. The van der Waals surface area contributed by atoms with E-state index in [9.17, 15) is 4.79 Å². The number of ether oxygens (including phenoxy) is 1. The predicted octanol–water partition coefficient (Wildman–Crippen LogP) is 6.11. The molecule has 3 aromatic carbocycles. The smallest absolute Gasteiger partial charge is 0.261 e. The number of carbonyl (C=O) groups excluding carboxylic acids is 1. The van der Waals surface area contributed by atoms with Gasteiger partial charge in [0.2, 0.25) is 0 Å². The van der Waals surface area contributed by atoms with Gasteiger partial charge in [0.25, 0.3) is 5.91 Å². The molecule has 0 saturated carbocycles. The van der Waals surface area contributed by atoms with Crippen molar-refractivity contribution in [1.29, 1.82) is 0 Å². The van der Waals surface area contributed by atoms with Crippen LogP contribution in [0.2, 0.25) is 0 Å². The second kappa shape index (κ2) is 10.1. The monoisotopic (exact) mass is 430 g/mol. The predicted molar refractivity (Wildman–Crippen MR) is 132 cm³/mol. The van der Waals surface area contributed by atoms with Gasteiger partial charge in [0.05, 0.1) is 6.04 Å². The lowest BCUT2D eigenvalue weighted by molar-refractivity contribution is -0.128. The number of piperidine rings is 1. The van der Waals surface area contributed by atoms with E-state index in [0.29, 0.717) is 6.42 Å². The summed E-state index contributed by atoms with van der Waals surface area (Å²) in [5.74, 6) is 1.49. The second-order valence-corrected chi connectivity index (χ2v) is 8.98. The molecule has 0 radical (unpaired) electrons. The number of fused-ring (bicyclic) bond motifs is 1. The van der Waals surface area contributed by atoms with Gasteiger partial charge in [-0.25, -0.2) is 0 Å². The first-order valence-electron chi connectivity index (χ1n) is 11.8. The summed E-state index contributed by atoms with van der Waals surface area (Å²) in [6.45, 7) is 8.58. The highest BCUT2D eigenvalue weighted by molar-refractivity contribution is 5.89. The summed E-state index contributed by atoms with van der Waals surface area (Å²) in [5, 5.41) is 5.28. The molecule has 4 heteroatoms. The summed E-state index contributed by atoms with van der Waals surface area (Å²) in [7, 11) is 0. The fraction of sp³-hybridized carbons (Fsp3) is 0.393. The van der Waals surface area contributed by atoms with Crippen LogP contribution >= 0.6 is 0 Å². The lowest BCUT2D eigenvalue weighted by Crippen LogP contribution is -2.39. The minimum absolute atomic E-state index is 0.0805. The Labute approximate surface area is 191 Å². The van der Waals surface area contributed by atoms with Crippen LogP contribution in [0.1, 0.15) is 51.6 Å². The maximum absolute atomic E-state index is 13.0. The maximum atomic E-state index is 13.0. The topological polar surface area (TPSA) is 41.6 Å². The number of anilines is 1. The van der Waals surface area contributed by atoms with E-state index >= 15 is 0 Å². The van der Waals surface area contributed by atoms with Crippen molar-refractivity contribution in [1.82, 2.24) is 5.32 Å². The molecule has 1 N–H and O–H groups in total. The van der Waals surface area contributed by atoms with Gasteiger partial charge in [-0.15, -0.1) is 0 Å². The Bertz CT molecular complexity index is 1030. The fourth-order valence-corrected chi connectivity index (χ4v) is 4.40. The number of hydrogen-bond donors (Lipinski definition) is 1. The zero-order valence-corrected chi connectivity index (χ0v) is 19.4. The van der Waals surface area contributed by atoms with Crippen molar-refractivity contribution in [2.45, 2.75) is 52.2 Å². The first kappa shape index (κ1) is 22.2. The molecule has 1 fully saturated rings. The third kappa shape index (κ3) is 5.07. The van der Waals surface area contributed by atoms with Gasteiger partial charge in [0.15, 0.2) is 6.10 Å². The van der Waals surface area contributed by atoms with Gasteiger partial charge in [-0.2, -0.15) is 0 Å². The highest BCUT2D eigenvalue weighted by Gasteiger charge is 2.22. The maximum Gasteiger partial charge on any atom is 0.261 e. The first-order chi connectivity index (χ1) is 15.5. The van der Waals surface area contributed by atoms with Crippen LogP contribution in [0.4, 0.5) is 5.69 Å². The van der Waals surface area contributed by atoms with Crippen LogP contribution in [0.25, 0.3) is 10.8 Å². The molecule has 1 saturated heterocycles. The van der Waals surface area contributed by atoms with E-state index in [2.05, 4.69) is 53.5 Å². The molecule has 1 aliphatic rings. The standard InChI is InChI=1S/C28H34N2O2/c1-4-26(32-27-11-7-9-23-8-5-6-10-25(23)27)28(31)29-21(3)22-12-14-24(15-13-22)30-18-16-20(2)17-19-30/h5-15,20-21,26H,4,16-19H2,1-3H3,(H,29,31)/t21-,26-/m1/s1. The van der Waals surface area contributed by atoms with Crippen LogP contribution in [0.15, 0.2) is 66.7 Å². The number of amides is 1. The normalized spacial score (nSPS) is 16.5. The third-order valence-corrected chi connectivity index (χ3v) is 6.58. The van der Waals surface area contributed by atoms with Gasteiger partial charge >= 0.3 is 0 Å². The van der Waals surface area contributed by atoms with E-state index in [4.69, 9.17) is 4.74 Å². The molecule has 4 rings (SSSR count). The molecular formula is C28H34N2O2. The molecule has 168 valence electrons. The molecule has 4 nitrogen and oxygen atoms in total. The van der Waals surface area contributed by atoms with Gasteiger partial charge in [-0.1, -0.05) is 62.4 Å². The van der Waals surface area contributed by atoms with Crippen molar-refractivity contribution in [3.63, 3.8) is 0 Å². The Hall–Kier alpha value is -3.01. The van der Waals surface area contributed by atoms with Gasteiger partial charge in [-0.3, -0.25) is 4.79 Å². The number of hydrogen-bond acceptors (Lipinski definition) is 3. The number of nitrogens with zero attached hydrogens (tertiary/aromatic N) is 1. The van der Waals surface area contributed by atoms with Crippen molar-refractivity contribution in [3.05, 3.63) is 72.3 Å². The minimum Gasteiger partial charge on any atom is -0.480 e. The lowest BCUT2D eigenvalue weighted by atomic mass is 9.98. The summed E-state index contributed by atoms with van der Waals surface area (Å²) in [6.07, 6.45) is 2.58. The largest absolute Gasteiger partial charge is 0.480 e. The second-order valence-electron chi connectivity index (χ2n) is 8.98. The fourth-order valence-electron chi connectivity index (χ4n) is 4.40. The molecular weight excluding hydrogens is 396 g/mol. The van der Waals surface area contributed by atoms with Gasteiger partial charge < -0.3 is 15.0 Å². The molecule has 2 atom stereocenters. The van der Waals surface area contributed by atoms with Crippen molar-refractivity contribution >= 4 is 22.4 Å². The molecule has 1 amide bonds. The quantitative estimate of drug-likeness (QED) is 0.492. The highest BCUT2D eigenvalue weighted by Crippen LogP contribution is 2.27. The molecule has 0 aliphatic carbocycles.